The molecule has 168 valence electrons. The molecule has 0 saturated carbocycles. The van der Waals surface area contributed by atoms with E-state index in [0.29, 0.717) is 6.61 Å². The van der Waals surface area contributed by atoms with E-state index in [1.807, 2.05) is 64.1 Å². The Balaban J connectivity index is 1.48. The Kier molecular flexibility index (Phi) is 5.21. The van der Waals surface area contributed by atoms with Crippen LogP contribution < -0.4 is 0 Å². The lowest BCUT2D eigenvalue weighted by atomic mass is 9.97. The summed E-state index contributed by atoms with van der Waals surface area (Å²) < 4.78 is 24.9. The highest BCUT2D eigenvalue weighted by atomic mass is 16.8. The lowest BCUT2D eigenvalue weighted by Crippen LogP contribution is -2.41. The number of nitrogens with zero attached hydrogens (tertiary/aromatic N) is 1. The van der Waals surface area contributed by atoms with Crippen molar-refractivity contribution < 1.29 is 23.7 Å². The third-order valence-electron chi connectivity index (χ3n) is 6.06. The van der Waals surface area contributed by atoms with Gasteiger partial charge < -0.3 is 24.2 Å². The zero-order chi connectivity index (χ0) is 22.5. The van der Waals surface area contributed by atoms with E-state index in [-0.39, 0.29) is 18.8 Å². The minimum atomic E-state index is -0.793. The number of hydroxylamine groups is 1. The summed E-state index contributed by atoms with van der Waals surface area (Å²) in [6.45, 7) is 8.01. The SMILES string of the molecule is CC1(C)OC[C@H]([C@H]2OC(C)(C)O[C@@H]2C/[N+]([O-])=C/c2c3ccccc3cc3ccccc23)O1. The third kappa shape index (κ3) is 4.11. The van der Waals surface area contributed by atoms with E-state index in [0.717, 1.165) is 31.8 Å². The van der Waals surface area contributed by atoms with Gasteiger partial charge >= 0.3 is 0 Å². The van der Waals surface area contributed by atoms with Gasteiger partial charge in [-0.2, -0.15) is 0 Å². The summed E-state index contributed by atoms with van der Waals surface area (Å²) in [4.78, 5) is 0. The first-order valence-corrected chi connectivity index (χ1v) is 11.1. The largest absolute Gasteiger partial charge is 0.624 e. The summed E-state index contributed by atoms with van der Waals surface area (Å²) in [7, 11) is 0. The molecule has 2 fully saturated rings. The lowest BCUT2D eigenvalue weighted by molar-refractivity contribution is -0.465. The molecule has 2 saturated heterocycles. The highest BCUT2D eigenvalue weighted by Crippen LogP contribution is 2.35. The van der Waals surface area contributed by atoms with Crippen LogP contribution in [0.4, 0.5) is 0 Å². The molecule has 6 heteroatoms. The lowest BCUT2D eigenvalue weighted by Gasteiger charge is -2.23. The molecule has 0 unspecified atom stereocenters. The highest BCUT2D eigenvalue weighted by molar-refractivity contribution is 6.12. The first-order chi connectivity index (χ1) is 15.2. The second-order valence-electron chi connectivity index (χ2n) is 9.47. The number of ether oxygens (including phenoxy) is 4. The fourth-order valence-corrected chi connectivity index (χ4v) is 4.76. The molecule has 2 heterocycles. The molecule has 0 radical (unpaired) electrons. The van der Waals surface area contributed by atoms with E-state index in [4.69, 9.17) is 18.9 Å². The molecule has 0 aromatic heterocycles. The normalized spacial score (nSPS) is 27.4. The van der Waals surface area contributed by atoms with Gasteiger partial charge in [-0.1, -0.05) is 48.5 Å². The van der Waals surface area contributed by atoms with Gasteiger partial charge in [0, 0.05) is 0 Å². The van der Waals surface area contributed by atoms with E-state index in [1.165, 1.54) is 0 Å². The van der Waals surface area contributed by atoms with Crippen molar-refractivity contribution in [2.75, 3.05) is 13.2 Å². The maximum Gasteiger partial charge on any atom is 0.183 e. The van der Waals surface area contributed by atoms with Crippen molar-refractivity contribution in [3.63, 3.8) is 0 Å². The van der Waals surface area contributed by atoms with E-state index < -0.39 is 17.7 Å². The van der Waals surface area contributed by atoms with Gasteiger partial charge in [0.25, 0.3) is 0 Å². The maximum absolute atomic E-state index is 13.2. The van der Waals surface area contributed by atoms with Crippen LogP contribution in [0.25, 0.3) is 21.5 Å². The van der Waals surface area contributed by atoms with Crippen LogP contribution in [0.2, 0.25) is 0 Å². The monoisotopic (exact) mass is 435 g/mol. The number of rotatable bonds is 4. The van der Waals surface area contributed by atoms with Crippen molar-refractivity contribution in [2.24, 2.45) is 0 Å². The minimum Gasteiger partial charge on any atom is -0.624 e. The molecule has 6 nitrogen and oxygen atoms in total. The molecule has 0 spiro atoms. The molecular weight excluding hydrogens is 406 g/mol. The molecule has 32 heavy (non-hydrogen) atoms. The van der Waals surface area contributed by atoms with Gasteiger partial charge in [-0.05, 0) is 55.3 Å². The number of benzene rings is 3. The van der Waals surface area contributed by atoms with Gasteiger partial charge in [-0.3, -0.25) is 0 Å². The summed E-state index contributed by atoms with van der Waals surface area (Å²) in [6.07, 6.45) is 0.554. The molecular formula is C26H29NO5. The summed E-state index contributed by atoms with van der Waals surface area (Å²) in [6, 6.07) is 18.4. The van der Waals surface area contributed by atoms with Crippen LogP contribution in [-0.4, -0.2) is 54.0 Å². The van der Waals surface area contributed by atoms with Gasteiger partial charge in [0.15, 0.2) is 24.3 Å². The average Bonchev–Trinajstić information content (AvgIpc) is 3.25. The van der Waals surface area contributed by atoms with E-state index >= 15 is 0 Å². The first-order valence-electron chi connectivity index (χ1n) is 11.1. The summed E-state index contributed by atoms with van der Waals surface area (Å²) in [5, 5.41) is 17.5. The van der Waals surface area contributed by atoms with Crippen molar-refractivity contribution in [2.45, 2.75) is 57.6 Å². The quantitative estimate of drug-likeness (QED) is 0.197. The van der Waals surface area contributed by atoms with Crippen LogP contribution in [0, 0.1) is 5.21 Å². The zero-order valence-electron chi connectivity index (χ0n) is 18.9. The molecule has 0 N–H and O–H groups in total. The Hall–Kier alpha value is -2.51. The Morgan fingerprint density at radius 2 is 1.53 bits per heavy atom. The second-order valence-corrected chi connectivity index (χ2v) is 9.47. The molecule has 0 bridgehead atoms. The average molecular weight is 436 g/mol. The fraction of sp³-hybridized carbons (Fsp3) is 0.423. The van der Waals surface area contributed by atoms with E-state index in [1.54, 1.807) is 6.21 Å². The summed E-state index contributed by atoms with van der Waals surface area (Å²) in [5.74, 6) is -1.46. The van der Waals surface area contributed by atoms with Crippen LogP contribution in [0.1, 0.15) is 33.3 Å². The predicted molar refractivity (Wildman–Crippen MR) is 124 cm³/mol. The smallest absolute Gasteiger partial charge is 0.183 e. The van der Waals surface area contributed by atoms with Gasteiger partial charge in [0.05, 0.1) is 12.2 Å². The Morgan fingerprint density at radius 3 is 2.12 bits per heavy atom. The molecule has 3 aromatic carbocycles. The van der Waals surface area contributed by atoms with Crippen LogP contribution in [0.15, 0.2) is 54.6 Å². The fourth-order valence-electron chi connectivity index (χ4n) is 4.76. The minimum absolute atomic E-state index is 0.131. The van der Waals surface area contributed by atoms with E-state index in [9.17, 15) is 5.21 Å². The molecule has 0 aliphatic carbocycles. The van der Waals surface area contributed by atoms with E-state index in [2.05, 4.69) is 18.2 Å². The number of fused-ring (bicyclic) bond motifs is 2. The van der Waals surface area contributed by atoms with Crippen molar-refractivity contribution in [3.05, 3.63) is 65.4 Å². The van der Waals surface area contributed by atoms with Crippen molar-refractivity contribution in [3.8, 4) is 0 Å². The van der Waals surface area contributed by atoms with Crippen LogP contribution in [0.3, 0.4) is 0 Å². The summed E-state index contributed by atoms with van der Waals surface area (Å²) >= 11 is 0. The van der Waals surface area contributed by atoms with Gasteiger partial charge in [-0.25, -0.2) is 4.74 Å². The molecule has 0 amide bonds. The van der Waals surface area contributed by atoms with Gasteiger partial charge in [0.2, 0.25) is 0 Å². The Morgan fingerprint density at radius 1 is 0.906 bits per heavy atom. The molecule has 3 aromatic rings. The molecule has 2 aliphatic rings. The van der Waals surface area contributed by atoms with Crippen LogP contribution >= 0.6 is 0 Å². The van der Waals surface area contributed by atoms with Crippen molar-refractivity contribution >= 4 is 27.8 Å². The number of hydrogen-bond acceptors (Lipinski definition) is 5. The highest BCUT2D eigenvalue weighted by Gasteiger charge is 2.50. The second kappa shape index (κ2) is 7.81. The third-order valence-corrected chi connectivity index (χ3v) is 6.06. The summed E-state index contributed by atoms with van der Waals surface area (Å²) in [5.41, 5.74) is 0.907. The topological polar surface area (TPSA) is 63.0 Å². The first kappa shape index (κ1) is 21.3. The number of hydrogen-bond donors (Lipinski definition) is 0. The maximum atomic E-state index is 13.2. The standard InChI is InChI=1S/C26H29NO5/c1-25(2)29-16-23(31-25)24-22(30-26(3,4)32-24)15-27(28)14-21-19-11-7-5-9-17(19)13-18-10-6-8-12-20(18)21/h5-14,22-24H,15-16H2,1-4H3/b27-14-/t22-,23-,24+/m1/s1. The zero-order valence-corrected chi connectivity index (χ0v) is 18.9. The molecule has 2 aliphatic heterocycles. The van der Waals surface area contributed by atoms with Gasteiger partial charge in [-0.15, -0.1) is 0 Å². The Bertz CT molecular complexity index is 1130. The molecule has 5 rings (SSSR count). The van der Waals surface area contributed by atoms with Crippen LogP contribution in [-0.2, 0) is 18.9 Å². The Labute approximate surface area is 187 Å². The molecule has 3 atom stereocenters. The van der Waals surface area contributed by atoms with Crippen LogP contribution in [0.5, 0.6) is 0 Å². The van der Waals surface area contributed by atoms with Gasteiger partial charge in [0.1, 0.15) is 18.3 Å². The van der Waals surface area contributed by atoms with Crippen molar-refractivity contribution in [1.29, 1.82) is 0 Å². The van der Waals surface area contributed by atoms with Crippen molar-refractivity contribution in [1.82, 2.24) is 0 Å². The predicted octanol–water partition coefficient (Wildman–Crippen LogP) is 4.59.